The van der Waals surface area contributed by atoms with Crippen LogP contribution in [-0.2, 0) is 13.0 Å². The molecule has 1 amide bonds. The Hall–Kier alpha value is -4.00. The Morgan fingerprint density at radius 2 is 1.74 bits per heavy atom. The summed E-state index contributed by atoms with van der Waals surface area (Å²) in [6, 6.07) is 20.9. The molecule has 0 bridgehead atoms. The Kier molecular flexibility index (Phi) is 7.55. The first-order valence-electron chi connectivity index (χ1n) is 11.7. The van der Waals surface area contributed by atoms with Crippen LogP contribution < -0.4 is 19.5 Å². The highest BCUT2D eigenvalue weighted by atomic mass is 16.5. The van der Waals surface area contributed by atoms with Crippen LogP contribution in [0.2, 0.25) is 0 Å². The normalized spacial score (nSPS) is 11.8. The molecule has 3 aromatic carbocycles. The lowest BCUT2D eigenvalue weighted by Crippen LogP contribution is -2.29. The number of aryl methyl sites for hydroxylation is 1. The average molecular weight is 474 g/mol. The molecule has 0 aliphatic rings. The second-order valence-electron chi connectivity index (χ2n) is 8.22. The minimum absolute atomic E-state index is 0.218. The molecule has 182 valence electrons. The van der Waals surface area contributed by atoms with Crippen LogP contribution in [0.4, 0.5) is 0 Å². The highest BCUT2D eigenvalue weighted by Crippen LogP contribution is 2.28. The molecule has 0 spiro atoms. The summed E-state index contributed by atoms with van der Waals surface area (Å²) in [6.45, 7) is 5.14. The summed E-state index contributed by atoms with van der Waals surface area (Å²) < 4.78 is 18.7. The number of amides is 1. The Balaban J connectivity index is 1.51. The zero-order chi connectivity index (χ0) is 24.8. The van der Waals surface area contributed by atoms with Crippen LogP contribution in [0.5, 0.6) is 17.2 Å². The maximum atomic E-state index is 13.0. The number of imidazole rings is 1. The highest BCUT2D eigenvalue weighted by molar-refractivity contribution is 5.95. The van der Waals surface area contributed by atoms with E-state index in [-0.39, 0.29) is 11.9 Å². The molecule has 4 aromatic rings. The van der Waals surface area contributed by atoms with E-state index >= 15 is 0 Å². The van der Waals surface area contributed by atoms with Crippen LogP contribution in [0.25, 0.3) is 11.0 Å². The molecule has 0 fully saturated rings. The monoisotopic (exact) mass is 473 g/mol. The topological polar surface area (TPSA) is 74.6 Å². The van der Waals surface area contributed by atoms with Gasteiger partial charge in [0, 0.05) is 5.56 Å². The van der Waals surface area contributed by atoms with E-state index in [4.69, 9.17) is 19.2 Å². The summed E-state index contributed by atoms with van der Waals surface area (Å²) in [5.74, 6) is 2.46. The quantitative estimate of drug-likeness (QED) is 0.343. The lowest BCUT2D eigenvalue weighted by molar-refractivity contribution is 0.0937. The number of rotatable bonds is 10. The van der Waals surface area contributed by atoms with Gasteiger partial charge in [0.1, 0.15) is 18.2 Å². The van der Waals surface area contributed by atoms with Crippen LogP contribution >= 0.6 is 0 Å². The minimum Gasteiger partial charge on any atom is -0.493 e. The fourth-order valence-electron chi connectivity index (χ4n) is 4.06. The predicted octanol–water partition coefficient (Wildman–Crippen LogP) is 5.19. The van der Waals surface area contributed by atoms with Crippen molar-refractivity contribution in [1.82, 2.24) is 14.9 Å². The van der Waals surface area contributed by atoms with Gasteiger partial charge < -0.3 is 24.1 Å². The van der Waals surface area contributed by atoms with Gasteiger partial charge in [-0.3, -0.25) is 4.79 Å². The van der Waals surface area contributed by atoms with Gasteiger partial charge in [0.15, 0.2) is 11.5 Å². The maximum absolute atomic E-state index is 13.0. The second kappa shape index (κ2) is 11.0. The van der Waals surface area contributed by atoms with E-state index in [2.05, 4.69) is 28.9 Å². The molecule has 7 nitrogen and oxygen atoms in total. The molecule has 0 saturated heterocycles. The van der Waals surface area contributed by atoms with Crippen molar-refractivity contribution in [2.45, 2.75) is 32.9 Å². The standard InChI is InChI=1S/C28H31N3O4/c1-5-20-10-13-22(14-11-20)35-17-16-31-24-9-7-6-8-23(24)30-27(31)19(2)29-28(32)21-12-15-25(33-3)26(18-21)34-4/h6-15,18-19H,5,16-17H2,1-4H3,(H,29,32). The van der Waals surface area contributed by atoms with E-state index in [1.807, 2.05) is 43.3 Å². The molecule has 7 heteroatoms. The molecule has 35 heavy (non-hydrogen) atoms. The lowest BCUT2D eigenvalue weighted by Gasteiger charge is -2.17. The zero-order valence-corrected chi connectivity index (χ0v) is 20.6. The van der Waals surface area contributed by atoms with Gasteiger partial charge in [-0.2, -0.15) is 0 Å². The number of carbonyl (C=O) groups excluding carboxylic acids is 1. The van der Waals surface area contributed by atoms with E-state index < -0.39 is 0 Å². The number of fused-ring (bicyclic) bond motifs is 1. The molecule has 1 N–H and O–H groups in total. The van der Waals surface area contributed by atoms with Crippen molar-refractivity contribution in [1.29, 1.82) is 0 Å². The van der Waals surface area contributed by atoms with E-state index in [1.165, 1.54) is 5.56 Å². The molecule has 1 atom stereocenters. The number of para-hydroxylation sites is 2. The molecular formula is C28H31N3O4. The van der Waals surface area contributed by atoms with Crippen molar-refractivity contribution >= 4 is 16.9 Å². The summed E-state index contributed by atoms with van der Waals surface area (Å²) in [5.41, 5.74) is 3.64. The summed E-state index contributed by atoms with van der Waals surface area (Å²) in [7, 11) is 3.11. The number of benzene rings is 3. The van der Waals surface area contributed by atoms with Crippen molar-refractivity contribution < 1.29 is 19.0 Å². The van der Waals surface area contributed by atoms with Gasteiger partial charge in [0.2, 0.25) is 0 Å². The summed E-state index contributed by atoms with van der Waals surface area (Å²) in [5, 5.41) is 3.06. The Bertz CT molecular complexity index is 1300. The number of hydrogen-bond acceptors (Lipinski definition) is 5. The molecule has 1 heterocycles. The number of aromatic nitrogens is 2. The van der Waals surface area contributed by atoms with E-state index in [0.29, 0.717) is 30.2 Å². The number of ether oxygens (including phenoxy) is 3. The van der Waals surface area contributed by atoms with E-state index in [0.717, 1.165) is 29.0 Å². The predicted molar refractivity (Wildman–Crippen MR) is 136 cm³/mol. The SMILES string of the molecule is CCc1ccc(OCCn2c(C(C)NC(=O)c3ccc(OC)c(OC)c3)nc3ccccc32)cc1. The van der Waals surface area contributed by atoms with Gasteiger partial charge in [0.25, 0.3) is 5.91 Å². The van der Waals surface area contributed by atoms with E-state index in [1.54, 1.807) is 32.4 Å². The van der Waals surface area contributed by atoms with Gasteiger partial charge in [-0.1, -0.05) is 31.2 Å². The zero-order valence-electron chi connectivity index (χ0n) is 20.6. The van der Waals surface area contributed by atoms with Gasteiger partial charge in [-0.15, -0.1) is 0 Å². The summed E-state index contributed by atoms with van der Waals surface area (Å²) in [4.78, 5) is 17.8. The van der Waals surface area contributed by atoms with Crippen LogP contribution in [0.3, 0.4) is 0 Å². The summed E-state index contributed by atoms with van der Waals surface area (Å²) in [6.07, 6.45) is 0.998. The fourth-order valence-corrected chi connectivity index (χ4v) is 4.06. The largest absolute Gasteiger partial charge is 0.493 e. The molecular weight excluding hydrogens is 442 g/mol. The first kappa shape index (κ1) is 24.1. The van der Waals surface area contributed by atoms with Gasteiger partial charge >= 0.3 is 0 Å². The van der Waals surface area contributed by atoms with Crippen LogP contribution in [-0.4, -0.2) is 36.3 Å². The number of nitrogens with zero attached hydrogens (tertiary/aromatic N) is 2. The van der Waals surface area contributed by atoms with Crippen molar-refractivity contribution in [2.24, 2.45) is 0 Å². The van der Waals surface area contributed by atoms with Crippen molar-refractivity contribution in [2.75, 3.05) is 20.8 Å². The first-order chi connectivity index (χ1) is 17.0. The van der Waals surface area contributed by atoms with E-state index in [9.17, 15) is 4.79 Å². The van der Waals surface area contributed by atoms with Gasteiger partial charge in [-0.05, 0) is 61.4 Å². The Morgan fingerprint density at radius 3 is 2.46 bits per heavy atom. The van der Waals surface area contributed by atoms with Gasteiger partial charge in [0.05, 0.1) is 37.8 Å². The number of methoxy groups -OCH3 is 2. The maximum Gasteiger partial charge on any atom is 0.251 e. The number of hydrogen-bond donors (Lipinski definition) is 1. The first-order valence-corrected chi connectivity index (χ1v) is 11.7. The lowest BCUT2D eigenvalue weighted by atomic mass is 10.1. The number of nitrogens with one attached hydrogen (secondary N) is 1. The number of carbonyl (C=O) groups is 1. The Morgan fingerprint density at radius 1 is 1.00 bits per heavy atom. The average Bonchev–Trinajstić information content (AvgIpc) is 3.27. The second-order valence-corrected chi connectivity index (χ2v) is 8.22. The third-order valence-corrected chi connectivity index (χ3v) is 5.98. The molecule has 1 aromatic heterocycles. The highest BCUT2D eigenvalue weighted by Gasteiger charge is 2.20. The van der Waals surface area contributed by atoms with Crippen LogP contribution in [0, 0.1) is 0 Å². The molecule has 1 unspecified atom stereocenters. The van der Waals surface area contributed by atoms with Crippen molar-refractivity contribution in [3.8, 4) is 17.2 Å². The van der Waals surface area contributed by atoms with Crippen molar-refractivity contribution in [3.05, 3.63) is 83.7 Å². The molecule has 0 radical (unpaired) electrons. The summed E-state index contributed by atoms with van der Waals surface area (Å²) >= 11 is 0. The van der Waals surface area contributed by atoms with Gasteiger partial charge in [-0.25, -0.2) is 4.98 Å². The molecule has 0 aliphatic heterocycles. The smallest absolute Gasteiger partial charge is 0.251 e. The molecule has 0 aliphatic carbocycles. The molecule has 0 saturated carbocycles. The Labute approximate surface area is 205 Å². The third-order valence-electron chi connectivity index (χ3n) is 5.98. The van der Waals surface area contributed by atoms with Crippen molar-refractivity contribution in [3.63, 3.8) is 0 Å². The molecule has 4 rings (SSSR count). The minimum atomic E-state index is -0.327. The van der Waals surface area contributed by atoms with Crippen LogP contribution in [0.1, 0.15) is 41.6 Å². The third kappa shape index (κ3) is 5.40. The fraction of sp³-hybridized carbons (Fsp3) is 0.286. The van der Waals surface area contributed by atoms with Crippen LogP contribution in [0.15, 0.2) is 66.7 Å².